The van der Waals surface area contributed by atoms with Gasteiger partial charge < -0.3 is 9.88 Å². The zero-order chi connectivity index (χ0) is 15.2. The van der Waals surface area contributed by atoms with Crippen molar-refractivity contribution in [3.8, 4) is 0 Å². The zero-order valence-electron chi connectivity index (χ0n) is 13.6. The lowest BCUT2D eigenvalue weighted by molar-refractivity contribution is 0.479. The quantitative estimate of drug-likeness (QED) is 0.850. The summed E-state index contributed by atoms with van der Waals surface area (Å²) in [5.41, 5.74) is 3.65. The van der Waals surface area contributed by atoms with Crippen molar-refractivity contribution in [3.63, 3.8) is 0 Å². The van der Waals surface area contributed by atoms with Gasteiger partial charge in [-0.3, -0.25) is 4.98 Å². The van der Waals surface area contributed by atoms with Crippen molar-refractivity contribution >= 4 is 0 Å². The van der Waals surface area contributed by atoms with E-state index in [2.05, 4.69) is 46.7 Å². The number of imidazole rings is 1. The van der Waals surface area contributed by atoms with Crippen LogP contribution in [-0.4, -0.2) is 21.1 Å². The van der Waals surface area contributed by atoms with Crippen LogP contribution in [0.4, 0.5) is 0 Å². The summed E-state index contributed by atoms with van der Waals surface area (Å²) in [6.45, 7) is 7.45. The minimum Gasteiger partial charge on any atom is -0.338 e. The summed E-state index contributed by atoms with van der Waals surface area (Å²) in [6.07, 6.45) is 8.92. The standard InChI is InChI=1S/C17H26N4/c1-5-8-18-15(6-7-16-19-9-10-21(16)4)17-14(3)11-13(2)12-20-17/h9-12,15,18H,5-8H2,1-4H3. The lowest BCUT2D eigenvalue weighted by Gasteiger charge is -2.20. The maximum Gasteiger partial charge on any atom is 0.108 e. The van der Waals surface area contributed by atoms with Crippen LogP contribution in [0.5, 0.6) is 0 Å². The lowest BCUT2D eigenvalue weighted by Crippen LogP contribution is -2.25. The zero-order valence-corrected chi connectivity index (χ0v) is 13.6. The van der Waals surface area contributed by atoms with Crippen molar-refractivity contribution in [2.24, 2.45) is 7.05 Å². The monoisotopic (exact) mass is 286 g/mol. The third-order valence-corrected chi connectivity index (χ3v) is 3.80. The fourth-order valence-corrected chi connectivity index (χ4v) is 2.66. The fourth-order valence-electron chi connectivity index (χ4n) is 2.66. The van der Waals surface area contributed by atoms with Gasteiger partial charge in [0, 0.05) is 32.1 Å². The van der Waals surface area contributed by atoms with Crippen LogP contribution in [0.3, 0.4) is 0 Å². The number of hydrogen-bond donors (Lipinski definition) is 1. The van der Waals surface area contributed by atoms with E-state index < -0.39 is 0 Å². The van der Waals surface area contributed by atoms with E-state index in [1.54, 1.807) is 0 Å². The van der Waals surface area contributed by atoms with E-state index in [0.717, 1.165) is 31.6 Å². The number of aryl methyl sites for hydroxylation is 4. The van der Waals surface area contributed by atoms with E-state index in [9.17, 15) is 0 Å². The van der Waals surface area contributed by atoms with Gasteiger partial charge in [-0.05, 0) is 44.4 Å². The Kier molecular flexibility index (Phi) is 5.51. The number of hydrogen-bond acceptors (Lipinski definition) is 3. The average molecular weight is 286 g/mol. The molecule has 0 saturated carbocycles. The molecule has 0 bridgehead atoms. The van der Waals surface area contributed by atoms with E-state index in [0.29, 0.717) is 6.04 Å². The number of nitrogens with one attached hydrogen (secondary N) is 1. The average Bonchev–Trinajstić information content (AvgIpc) is 2.85. The van der Waals surface area contributed by atoms with Gasteiger partial charge in [-0.2, -0.15) is 0 Å². The summed E-state index contributed by atoms with van der Waals surface area (Å²) in [5, 5.41) is 3.63. The van der Waals surface area contributed by atoms with Gasteiger partial charge in [-0.1, -0.05) is 13.0 Å². The molecule has 0 saturated heterocycles. The summed E-state index contributed by atoms with van der Waals surface area (Å²) in [5.74, 6) is 1.13. The normalized spacial score (nSPS) is 12.6. The van der Waals surface area contributed by atoms with Crippen molar-refractivity contribution < 1.29 is 0 Å². The molecule has 0 amide bonds. The molecule has 2 rings (SSSR count). The second-order valence-electron chi connectivity index (χ2n) is 5.71. The summed E-state index contributed by atoms with van der Waals surface area (Å²) in [7, 11) is 2.05. The van der Waals surface area contributed by atoms with Crippen LogP contribution in [0.25, 0.3) is 0 Å². The molecule has 114 valence electrons. The Morgan fingerprint density at radius 2 is 2.10 bits per heavy atom. The number of aromatic nitrogens is 3. The maximum absolute atomic E-state index is 4.66. The summed E-state index contributed by atoms with van der Waals surface area (Å²) < 4.78 is 2.09. The minimum atomic E-state index is 0.294. The predicted molar refractivity (Wildman–Crippen MR) is 86.3 cm³/mol. The molecule has 0 aliphatic heterocycles. The molecule has 1 N–H and O–H groups in total. The van der Waals surface area contributed by atoms with Gasteiger partial charge in [0.1, 0.15) is 5.82 Å². The second kappa shape index (κ2) is 7.36. The molecule has 2 heterocycles. The predicted octanol–water partition coefficient (Wildman–Crippen LogP) is 3.11. The van der Waals surface area contributed by atoms with Crippen LogP contribution in [0.1, 0.15) is 48.5 Å². The summed E-state index contributed by atoms with van der Waals surface area (Å²) in [4.78, 5) is 9.08. The Morgan fingerprint density at radius 3 is 2.71 bits per heavy atom. The minimum absolute atomic E-state index is 0.294. The van der Waals surface area contributed by atoms with Crippen LogP contribution in [0.15, 0.2) is 24.7 Å². The van der Waals surface area contributed by atoms with Crippen molar-refractivity contribution in [1.82, 2.24) is 19.9 Å². The first-order chi connectivity index (χ1) is 10.1. The molecular formula is C17H26N4. The molecule has 0 aliphatic carbocycles. The highest BCUT2D eigenvalue weighted by Crippen LogP contribution is 2.21. The van der Waals surface area contributed by atoms with Crippen LogP contribution >= 0.6 is 0 Å². The summed E-state index contributed by atoms with van der Waals surface area (Å²) >= 11 is 0. The van der Waals surface area contributed by atoms with Crippen LogP contribution < -0.4 is 5.32 Å². The third-order valence-electron chi connectivity index (χ3n) is 3.80. The first-order valence-electron chi connectivity index (χ1n) is 7.74. The van der Waals surface area contributed by atoms with Crippen LogP contribution in [0.2, 0.25) is 0 Å². The molecule has 21 heavy (non-hydrogen) atoms. The Bertz CT molecular complexity index is 574. The fraction of sp³-hybridized carbons (Fsp3) is 0.529. The Morgan fingerprint density at radius 1 is 1.29 bits per heavy atom. The molecule has 4 nitrogen and oxygen atoms in total. The van der Waals surface area contributed by atoms with Gasteiger partial charge in [0.15, 0.2) is 0 Å². The highest BCUT2D eigenvalue weighted by molar-refractivity contribution is 5.25. The molecule has 0 fully saturated rings. The maximum atomic E-state index is 4.66. The highest BCUT2D eigenvalue weighted by atomic mass is 15.0. The topological polar surface area (TPSA) is 42.7 Å². The van der Waals surface area contributed by atoms with Crippen molar-refractivity contribution in [1.29, 1.82) is 0 Å². The molecule has 0 radical (unpaired) electrons. The van der Waals surface area contributed by atoms with Gasteiger partial charge in [-0.25, -0.2) is 4.98 Å². The van der Waals surface area contributed by atoms with E-state index >= 15 is 0 Å². The van der Waals surface area contributed by atoms with Gasteiger partial charge in [0.05, 0.1) is 11.7 Å². The Balaban J connectivity index is 2.12. The Labute approximate surface area is 127 Å². The molecule has 2 aromatic rings. The van der Waals surface area contributed by atoms with Gasteiger partial charge in [-0.15, -0.1) is 0 Å². The smallest absolute Gasteiger partial charge is 0.108 e. The van der Waals surface area contributed by atoms with Gasteiger partial charge in [0.25, 0.3) is 0 Å². The van der Waals surface area contributed by atoms with Crippen LogP contribution in [-0.2, 0) is 13.5 Å². The third kappa shape index (κ3) is 4.14. The number of pyridine rings is 1. The first kappa shape index (κ1) is 15.7. The molecule has 0 aromatic carbocycles. The van der Waals surface area contributed by atoms with Crippen LogP contribution in [0, 0.1) is 13.8 Å². The highest BCUT2D eigenvalue weighted by Gasteiger charge is 2.15. The van der Waals surface area contributed by atoms with Crippen molar-refractivity contribution in [2.45, 2.75) is 46.1 Å². The van der Waals surface area contributed by atoms with E-state index in [4.69, 9.17) is 0 Å². The first-order valence-corrected chi connectivity index (χ1v) is 7.74. The lowest BCUT2D eigenvalue weighted by atomic mass is 10.0. The second-order valence-corrected chi connectivity index (χ2v) is 5.71. The molecule has 0 aliphatic rings. The van der Waals surface area contributed by atoms with Crippen molar-refractivity contribution in [3.05, 3.63) is 47.3 Å². The number of rotatable bonds is 7. The molecule has 0 spiro atoms. The molecule has 2 aromatic heterocycles. The van der Waals surface area contributed by atoms with Gasteiger partial charge >= 0.3 is 0 Å². The molecular weight excluding hydrogens is 260 g/mol. The van der Waals surface area contributed by atoms with E-state index in [-0.39, 0.29) is 0 Å². The SMILES string of the molecule is CCCNC(CCc1nccn1C)c1ncc(C)cc1C. The van der Waals surface area contributed by atoms with E-state index in [1.807, 2.05) is 25.6 Å². The largest absolute Gasteiger partial charge is 0.338 e. The Hall–Kier alpha value is -1.68. The number of nitrogens with zero attached hydrogens (tertiary/aromatic N) is 3. The molecule has 4 heteroatoms. The molecule has 1 unspecified atom stereocenters. The van der Waals surface area contributed by atoms with Gasteiger partial charge in [0.2, 0.25) is 0 Å². The van der Waals surface area contributed by atoms with Crippen molar-refractivity contribution in [2.75, 3.05) is 6.54 Å². The summed E-state index contributed by atoms with van der Waals surface area (Å²) in [6, 6.07) is 2.51. The molecule has 1 atom stereocenters. The van der Waals surface area contributed by atoms with E-state index in [1.165, 1.54) is 16.8 Å².